The lowest BCUT2D eigenvalue weighted by atomic mass is 10.1. The van der Waals surface area contributed by atoms with Gasteiger partial charge in [-0.05, 0) is 6.07 Å². The molecule has 1 aromatic rings. The van der Waals surface area contributed by atoms with Gasteiger partial charge in [0.25, 0.3) is 0 Å². The molecule has 0 fully saturated rings. The maximum absolute atomic E-state index is 13.3. The van der Waals surface area contributed by atoms with Gasteiger partial charge in [0.2, 0.25) is 9.84 Å². The van der Waals surface area contributed by atoms with E-state index in [1.54, 1.807) is 0 Å². The van der Waals surface area contributed by atoms with E-state index in [-0.39, 0.29) is 11.1 Å². The summed E-state index contributed by atoms with van der Waals surface area (Å²) in [5.41, 5.74) is -0.231. The number of alkyl halides is 2. The molecule has 0 aliphatic heterocycles. The maximum atomic E-state index is 13.3. The first kappa shape index (κ1) is 12.1. The van der Waals surface area contributed by atoms with Gasteiger partial charge in [0, 0.05) is 17.5 Å². The van der Waals surface area contributed by atoms with Crippen molar-refractivity contribution in [3.05, 3.63) is 35.1 Å². The number of carbonyl (C=O) groups excluding carboxylic acids is 1. The zero-order chi connectivity index (χ0) is 12.8. The minimum atomic E-state index is -4.86. The quantitative estimate of drug-likeness (QED) is 0.814. The van der Waals surface area contributed by atoms with Crippen LogP contribution in [0.15, 0.2) is 18.2 Å². The molecule has 1 aromatic carbocycles. The largest absolute Gasteiger partial charge is 0.337 e. The van der Waals surface area contributed by atoms with Gasteiger partial charge in [0.15, 0.2) is 5.78 Å². The lowest BCUT2D eigenvalue weighted by molar-refractivity contribution is 0.0994. The molecule has 1 unspecified atom stereocenters. The number of sulfone groups is 1. The SMILES string of the molecule is O=C1c2cccc(F)c2CC1S(=O)(=O)C(F)F. The van der Waals surface area contributed by atoms with Crippen LogP contribution in [0.3, 0.4) is 0 Å². The third-order valence-electron chi connectivity index (χ3n) is 2.71. The van der Waals surface area contributed by atoms with Crippen LogP contribution in [0.1, 0.15) is 15.9 Å². The van der Waals surface area contributed by atoms with Crippen LogP contribution in [0.5, 0.6) is 0 Å². The van der Waals surface area contributed by atoms with Gasteiger partial charge in [-0.3, -0.25) is 4.79 Å². The zero-order valence-corrected chi connectivity index (χ0v) is 9.18. The van der Waals surface area contributed by atoms with Gasteiger partial charge >= 0.3 is 5.76 Å². The first-order valence-corrected chi connectivity index (χ1v) is 6.29. The first-order valence-electron chi connectivity index (χ1n) is 4.68. The molecule has 1 atom stereocenters. The van der Waals surface area contributed by atoms with Crippen LogP contribution in [-0.2, 0) is 16.3 Å². The standard InChI is InChI=1S/C10H7F3O3S/c11-7-3-1-2-5-6(7)4-8(9(5)14)17(15,16)10(12)13/h1-3,8,10H,4H2. The second-order valence-corrected chi connectivity index (χ2v) is 5.78. The number of hydrogen-bond acceptors (Lipinski definition) is 3. The normalized spacial score (nSPS) is 19.8. The van der Waals surface area contributed by atoms with Gasteiger partial charge in [0.05, 0.1) is 0 Å². The van der Waals surface area contributed by atoms with Crippen molar-refractivity contribution in [3.63, 3.8) is 0 Å². The Morgan fingerprint density at radius 3 is 2.47 bits per heavy atom. The van der Waals surface area contributed by atoms with E-state index in [2.05, 4.69) is 0 Å². The molecule has 0 saturated carbocycles. The molecule has 0 heterocycles. The highest BCUT2D eigenvalue weighted by atomic mass is 32.2. The Kier molecular flexibility index (Phi) is 2.73. The Balaban J connectivity index is 2.49. The van der Waals surface area contributed by atoms with E-state index in [0.717, 1.165) is 6.07 Å². The molecule has 0 amide bonds. The number of ketones is 1. The summed E-state index contributed by atoms with van der Waals surface area (Å²) >= 11 is 0. The lowest BCUT2D eigenvalue weighted by Crippen LogP contribution is -2.32. The van der Waals surface area contributed by atoms with Crippen molar-refractivity contribution in [2.24, 2.45) is 0 Å². The molecule has 17 heavy (non-hydrogen) atoms. The molecule has 2 rings (SSSR count). The fraction of sp³-hybridized carbons (Fsp3) is 0.300. The van der Waals surface area contributed by atoms with E-state index < -0.39 is 38.9 Å². The molecule has 1 aliphatic carbocycles. The Hall–Kier alpha value is -1.37. The summed E-state index contributed by atoms with van der Waals surface area (Å²) in [6.45, 7) is 0. The van der Waals surface area contributed by atoms with Gasteiger partial charge in [0.1, 0.15) is 11.1 Å². The van der Waals surface area contributed by atoms with E-state index in [4.69, 9.17) is 0 Å². The average molecular weight is 264 g/mol. The average Bonchev–Trinajstić information content (AvgIpc) is 2.58. The van der Waals surface area contributed by atoms with E-state index in [1.807, 2.05) is 0 Å². The van der Waals surface area contributed by atoms with Crippen molar-refractivity contribution < 1.29 is 26.4 Å². The zero-order valence-electron chi connectivity index (χ0n) is 8.36. The molecule has 92 valence electrons. The van der Waals surface area contributed by atoms with E-state index in [9.17, 15) is 26.4 Å². The van der Waals surface area contributed by atoms with Crippen molar-refractivity contribution >= 4 is 15.6 Å². The van der Waals surface area contributed by atoms with Crippen molar-refractivity contribution in [1.82, 2.24) is 0 Å². The molecule has 0 spiro atoms. The smallest absolute Gasteiger partial charge is 0.293 e. The highest BCUT2D eigenvalue weighted by Crippen LogP contribution is 2.30. The van der Waals surface area contributed by atoms with Crippen molar-refractivity contribution in [3.8, 4) is 0 Å². The van der Waals surface area contributed by atoms with Crippen molar-refractivity contribution in [2.75, 3.05) is 0 Å². The number of benzene rings is 1. The van der Waals surface area contributed by atoms with E-state index >= 15 is 0 Å². The van der Waals surface area contributed by atoms with Gasteiger partial charge in [-0.25, -0.2) is 12.8 Å². The number of fused-ring (bicyclic) bond motifs is 1. The predicted octanol–water partition coefficient (Wildman–Crippen LogP) is 1.57. The highest BCUT2D eigenvalue weighted by Gasteiger charge is 2.45. The summed E-state index contributed by atoms with van der Waals surface area (Å²) in [6, 6.07) is 3.54. The van der Waals surface area contributed by atoms with Gasteiger partial charge in [-0.2, -0.15) is 8.78 Å². The molecule has 0 N–H and O–H groups in total. The summed E-state index contributed by atoms with van der Waals surface area (Å²) in [4.78, 5) is 11.6. The number of hydrogen-bond donors (Lipinski definition) is 0. The van der Waals surface area contributed by atoms with Crippen LogP contribution in [0.4, 0.5) is 13.2 Å². The number of rotatable bonds is 2. The van der Waals surface area contributed by atoms with E-state index in [1.165, 1.54) is 12.1 Å². The maximum Gasteiger partial charge on any atom is 0.337 e. The highest BCUT2D eigenvalue weighted by molar-refractivity contribution is 7.93. The molecule has 0 bridgehead atoms. The summed E-state index contributed by atoms with van der Waals surface area (Å²) in [6.07, 6.45) is -0.520. The van der Waals surface area contributed by atoms with Crippen LogP contribution in [0.25, 0.3) is 0 Å². The van der Waals surface area contributed by atoms with Crippen molar-refractivity contribution in [1.29, 1.82) is 0 Å². The summed E-state index contributed by atoms with van der Waals surface area (Å²) in [5.74, 6) is -5.34. The van der Waals surface area contributed by atoms with Crippen LogP contribution in [0, 0.1) is 5.82 Å². The second kappa shape index (κ2) is 3.83. The fourth-order valence-electron chi connectivity index (χ4n) is 1.84. The Morgan fingerprint density at radius 1 is 1.29 bits per heavy atom. The molecular weight excluding hydrogens is 257 g/mol. The second-order valence-electron chi connectivity index (χ2n) is 3.67. The van der Waals surface area contributed by atoms with Gasteiger partial charge < -0.3 is 0 Å². The summed E-state index contributed by atoms with van der Waals surface area (Å²) in [7, 11) is -4.86. The van der Waals surface area contributed by atoms with Crippen LogP contribution < -0.4 is 0 Å². The Bertz CT molecular complexity index is 580. The van der Waals surface area contributed by atoms with E-state index in [0.29, 0.717) is 0 Å². The fourth-order valence-corrected chi connectivity index (χ4v) is 2.91. The molecular formula is C10H7F3O3S. The molecule has 0 radical (unpaired) electrons. The Morgan fingerprint density at radius 2 is 1.94 bits per heavy atom. The van der Waals surface area contributed by atoms with Crippen molar-refractivity contribution in [2.45, 2.75) is 17.4 Å². The Labute approximate surface area is 95.2 Å². The third-order valence-corrected chi connectivity index (χ3v) is 4.38. The number of Topliss-reactive ketones (excluding diaryl/α,β-unsaturated/α-hetero) is 1. The lowest BCUT2D eigenvalue weighted by Gasteiger charge is -2.08. The number of carbonyl (C=O) groups is 1. The monoisotopic (exact) mass is 264 g/mol. The van der Waals surface area contributed by atoms with Crippen LogP contribution >= 0.6 is 0 Å². The van der Waals surface area contributed by atoms with Gasteiger partial charge in [-0.1, -0.05) is 12.1 Å². The summed E-state index contributed by atoms with van der Waals surface area (Å²) in [5, 5.41) is -1.87. The predicted molar refractivity (Wildman–Crippen MR) is 53.1 cm³/mol. The minimum absolute atomic E-state index is 0.105. The molecule has 0 aromatic heterocycles. The minimum Gasteiger partial charge on any atom is -0.293 e. The number of halogens is 3. The molecule has 0 saturated heterocycles. The van der Waals surface area contributed by atoms with Crippen LogP contribution in [-0.4, -0.2) is 25.2 Å². The third kappa shape index (κ3) is 1.74. The molecule has 1 aliphatic rings. The summed E-state index contributed by atoms with van der Waals surface area (Å²) < 4.78 is 60.4. The first-order chi connectivity index (χ1) is 7.85. The topological polar surface area (TPSA) is 51.2 Å². The van der Waals surface area contributed by atoms with Crippen LogP contribution in [0.2, 0.25) is 0 Å². The molecule has 3 nitrogen and oxygen atoms in total. The van der Waals surface area contributed by atoms with Gasteiger partial charge in [-0.15, -0.1) is 0 Å². The molecule has 7 heteroatoms.